The summed E-state index contributed by atoms with van der Waals surface area (Å²) in [4.78, 5) is 160. The maximum Gasteiger partial charge on any atom is 0.303 e. The number of aliphatic hydroxyl groups excluding tert-OH is 1. The van der Waals surface area contributed by atoms with Gasteiger partial charge in [-0.3, -0.25) is 57.7 Å². The summed E-state index contributed by atoms with van der Waals surface area (Å²) < 4.78 is 0. The van der Waals surface area contributed by atoms with Crippen LogP contribution in [0.25, 0.3) is 10.8 Å². The molecule has 5 rings (SSSR count). The van der Waals surface area contributed by atoms with E-state index in [-0.39, 0.29) is 82.1 Å². The number of carboxylic acids is 1. The van der Waals surface area contributed by atoms with Crippen LogP contribution < -0.4 is 65.5 Å². The van der Waals surface area contributed by atoms with Gasteiger partial charge in [0.15, 0.2) is 5.96 Å². The summed E-state index contributed by atoms with van der Waals surface area (Å²) in [5.74, 6) is -10.2. The van der Waals surface area contributed by atoms with Crippen LogP contribution in [0.5, 0.6) is 5.75 Å². The number of guanidine groups is 1. The first-order valence-corrected chi connectivity index (χ1v) is 28.2. The van der Waals surface area contributed by atoms with Crippen LogP contribution in [-0.4, -0.2) is 182 Å². The Balaban J connectivity index is 1.33. The Kier molecular flexibility index (Phi) is 26.4. The lowest BCUT2D eigenvalue weighted by atomic mass is 10.00. The number of aromatic nitrogens is 2. The summed E-state index contributed by atoms with van der Waals surface area (Å²) in [6, 6.07) is 7.17. The highest BCUT2D eigenvalue weighted by Crippen LogP contribution is 2.21. The number of carbonyl (C=O) groups excluding carboxylic acids is 10. The molecular formula is C57H78N16O14. The van der Waals surface area contributed by atoms with E-state index in [4.69, 9.17) is 28.0 Å². The number of benzene rings is 3. The third kappa shape index (κ3) is 22.3. The zero-order valence-corrected chi connectivity index (χ0v) is 48.3. The number of amides is 10. The molecule has 1 saturated heterocycles. The Hall–Kier alpha value is -9.71. The average molecular weight is 1210 g/mol. The number of nitrogens with two attached hydrogens (primary N) is 4. The number of hydrogen-bond donors (Lipinski definition) is 16. The third-order valence-corrected chi connectivity index (χ3v) is 13.9. The van der Waals surface area contributed by atoms with Crippen LogP contribution in [-0.2, 0) is 72.0 Å². The molecule has 30 nitrogen and oxygen atoms in total. The SMILES string of the molecule is CC(C)C[C@H](NC(=O)CNC(=O)[C@H](Cc1ccc(O)cc1)NC(=O)[C@H](CO)NC(=O)[C@H](Cc1ccc2ccccc2c1)NC(=O)[C@H](Cc1cnc[nH]1)NC(=O)[C@@H](N)CCC(=O)O)C(=O)N[C@@H](CCCN=C(N)N)C(=O)N1CCC[C@H]1C(=O)NCC(N)=O. The molecule has 1 aliphatic rings. The molecule has 0 aliphatic carbocycles. The summed E-state index contributed by atoms with van der Waals surface area (Å²) in [5, 5.41) is 51.8. The molecule has 0 unspecified atom stereocenters. The van der Waals surface area contributed by atoms with Crippen molar-refractivity contribution in [2.45, 2.75) is 126 Å². The number of aromatic hydroxyl groups is 1. The summed E-state index contributed by atoms with van der Waals surface area (Å²) in [7, 11) is 0. The molecule has 2 heterocycles. The fourth-order valence-electron chi connectivity index (χ4n) is 9.48. The van der Waals surface area contributed by atoms with Gasteiger partial charge in [0, 0.05) is 50.7 Å². The van der Waals surface area contributed by atoms with Gasteiger partial charge in [-0.25, -0.2) is 4.98 Å². The van der Waals surface area contributed by atoms with Crippen LogP contribution in [0.1, 0.15) is 75.6 Å². The van der Waals surface area contributed by atoms with Crippen LogP contribution >= 0.6 is 0 Å². The number of aliphatic hydroxyl groups is 1. The molecule has 1 aromatic heterocycles. The molecule has 470 valence electrons. The van der Waals surface area contributed by atoms with E-state index in [1.165, 1.54) is 41.7 Å². The van der Waals surface area contributed by atoms with Crippen molar-refractivity contribution < 1.29 is 68.1 Å². The monoisotopic (exact) mass is 1210 g/mol. The summed E-state index contributed by atoms with van der Waals surface area (Å²) in [5.41, 5.74) is 23.5. The Labute approximate surface area is 500 Å². The molecule has 4 aromatic rings. The second-order valence-electron chi connectivity index (χ2n) is 21.4. The Morgan fingerprint density at radius 1 is 0.690 bits per heavy atom. The molecule has 87 heavy (non-hydrogen) atoms. The minimum atomic E-state index is -1.78. The topological polar surface area (TPSA) is 493 Å². The molecule has 10 amide bonds. The predicted octanol–water partition coefficient (Wildman–Crippen LogP) is -3.80. The first-order chi connectivity index (χ1) is 41.4. The van der Waals surface area contributed by atoms with Gasteiger partial charge in [-0.05, 0) is 78.5 Å². The first kappa shape index (κ1) is 68.1. The largest absolute Gasteiger partial charge is 0.508 e. The van der Waals surface area contributed by atoms with Gasteiger partial charge in [-0.2, -0.15) is 0 Å². The fraction of sp³-hybridized carbons (Fsp3) is 0.456. The lowest BCUT2D eigenvalue weighted by molar-refractivity contribution is -0.142. The van der Waals surface area contributed by atoms with Gasteiger partial charge in [-0.15, -0.1) is 0 Å². The Morgan fingerprint density at radius 2 is 1.29 bits per heavy atom. The number of aliphatic carboxylic acids is 1. The molecule has 8 atom stereocenters. The van der Waals surface area contributed by atoms with Crippen molar-refractivity contribution in [3.63, 3.8) is 0 Å². The van der Waals surface area contributed by atoms with Crippen molar-refractivity contribution in [1.82, 2.24) is 57.4 Å². The van der Waals surface area contributed by atoms with E-state index in [0.29, 0.717) is 23.2 Å². The molecule has 0 radical (unpaired) electrons. The number of H-pyrrole nitrogens is 1. The summed E-state index contributed by atoms with van der Waals surface area (Å²) >= 11 is 0. The third-order valence-electron chi connectivity index (χ3n) is 13.9. The van der Waals surface area contributed by atoms with Gasteiger partial charge < -0.3 is 90.7 Å². The van der Waals surface area contributed by atoms with Gasteiger partial charge in [0.1, 0.15) is 48.0 Å². The van der Waals surface area contributed by atoms with E-state index in [9.17, 15) is 63.0 Å². The Morgan fingerprint density at radius 3 is 1.92 bits per heavy atom. The second-order valence-corrected chi connectivity index (χ2v) is 21.4. The van der Waals surface area contributed by atoms with E-state index in [1.807, 2.05) is 18.2 Å². The van der Waals surface area contributed by atoms with E-state index >= 15 is 0 Å². The number of primary amides is 1. The number of hydrogen-bond acceptors (Lipinski definition) is 16. The molecule has 30 heteroatoms. The molecule has 0 bridgehead atoms. The fourth-order valence-corrected chi connectivity index (χ4v) is 9.48. The summed E-state index contributed by atoms with van der Waals surface area (Å²) in [6.45, 7) is 1.55. The first-order valence-electron chi connectivity index (χ1n) is 28.2. The number of aromatic amines is 1. The number of imidazole rings is 1. The minimum absolute atomic E-state index is 0.00771. The van der Waals surface area contributed by atoms with E-state index < -0.39 is 139 Å². The highest BCUT2D eigenvalue weighted by atomic mass is 16.4. The van der Waals surface area contributed by atoms with Crippen LogP contribution in [0.3, 0.4) is 0 Å². The number of fused-ring (bicyclic) bond motifs is 1. The average Bonchev–Trinajstić information content (AvgIpc) is 3.22. The van der Waals surface area contributed by atoms with Gasteiger partial charge in [0.05, 0.1) is 32.1 Å². The van der Waals surface area contributed by atoms with Crippen molar-refractivity contribution in [2.24, 2.45) is 33.8 Å². The smallest absolute Gasteiger partial charge is 0.303 e. The van der Waals surface area contributed by atoms with Gasteiger partial charge in [0.25, 0.3) is 0 Å². The molecule has 0 saturated carbocycles. The molecular weight excluding hydrogens is 1130 g/mol. The van der Waals surface area contributed by atoms with Crippen LogP contribution in [0.4, 0.5) is 0 Å². The molecule has 1 fully saturated rings. The van der Waals surface area contributed by atoms with Gasteiger partial charge in [0.2, 0.25) is 59.1 Å². The number of carboxylic acid groups (broad SMARTS) is 1. The quantitative estimate of drug-likeness (QED) is 0.0121. The second kappa shape index (κ2) is 33.7. The number of nitrogens with one attached hydrogen (secondary N) is 9. The number of rotatable bonds is 34. The number of carbonyl (C=O) groups is 11. The lowest BCUT2D eigenvalue weighted by Gasteiger charge is -2.30. The Bertz CT molecular complexity index is 3080. The number of nitrogens with zero attached hydrogens (tertiary/aromatic N) is 3. The highest BCUT2D eigenvalue weighted by molar-refractivity contribution is 5.98. The van der Waals surface area contributed by atoms with Crippen molar-refractivity contribution in [3.05, 3.63) is 96.1 Å². The van der Waals surface area contributed by atoms with Crippen molar-refractivity contribution in [3.8, 4) is 5.75 Å². The lowest BCUT2D eigenvalue weighted by Crippen LogP contribution is -2.60. The van der Waals surface area contributed by atoms with Gasteiger partial charge in [-0.1, -0.05) is 68.4 Å². The number of phenols is 1. The number of phenolic OH excluding ortho intramolecular Hbond substituents is 1. The van der Waals surface area contributed by atoms with Gasteiger partial charge >= 0.3 is 5.97 Å². The van der Waals surface area contributed by atoms with E-state index in [2.05, 4.69) is 57.5 Å². The normalized spacial score (nSPS) is 15.2. The van der Waals surface area contributed by atoms with Crippen molar-refractivity contribution >= 4 is 81.8 Å². The van der Waals surface area contributed by atoms with Crippen molar-refractivity contribution in [1.29, 1.82) is 0 Å². The maximum atomic E-state index is 14.4. The minimum Gasteiger partial charge on any atom is -0.508 e. The van der Waals surface area contributed by atoms with E-state index in [1.54, 1.807) is 38.1 Å². The predicted molar refractivity (Wildman–Crippen MR) is 315 cm³/mol. The molecule has 20 N–H and O–H groups in total. The molecule has 1 aliphatic heterocycles. The maximum absolute atomic E-state index is 14.4. The van der Waals surface area contributed by atoms with Crippen molar-refractivity contribution in [2.75, 3.05) is 32.8 Å². The molecule has 0 spiro atoms. The highest BCUT2D eigenvalue weighted by Gasteiger charge is 2.39. The number of likely N-dealkylation sites (tertiary alicyclic amines) is 1. The zero-order chi connectivity index (χ0) is 63.7. The van der Waals surface area contributed by atoms with Crippen LogP contribution in [0.15, 0.2) is 84.2 Å². The number of aliphatic imine (C=N–C) groups is 1. The van der Waals surface area contributed by atoms with E-state index in [0.717, 1.165) is 10.8 Å². The van der Waals surface area contributed by atoms with Crippen LogP contribution in [0.2, 0.25) is 0 Å². The molecule has 3 aromatic carbocycles. The summed E-state index contributed by atoms with van der Waals surface area (Å²) in [6.07, 6.45) is 2.38. The standard InChI is InChI=1S/C57H78N16O14/c1-31(2)21-40(51(82)68-39(9-5-19-63-57(60)61)56(87)73-20-6-10-45(73)55(86)64-27-46(59)76)67-47(77)28-65-50(81)41(23-32-12-15-37(75)16-13-32)70-54(85)44(29-74)72-52(83)42(24-33-11-14-34-7-3-4-8-35(34)22-33)71-53(84)43(25-36-26-62-30-66-36)69-49(80)38(58)17-18-48(78)79/h3-4,7-8,11-16,22,26,30-31,38-45,74-75H,5-6,9-10,17-21,23-25,27-29,58H2,1-2H3,(H2,59,76)(H,62,66)(H,64,86)(H,65,81)(H,67,77)(H,68,82)(H,69,80)(H,70,85)(H,71,84)(H,72,83)(H,78,79)(H4,60,61,63)/t38-,39-,40-,41-,42-,43-,44-,45-/m0/s1. The zero-order valence-electron chi connectivity index (χ0n) is 48.3. The van der Waals surface area contributed by atoms with Crippen LogP contribution in [0, 0.1) is 5.92 Å².